The van der Waals surface area contributed by atoms with Crippen molar-refractivity contribution in [2.45, 2.75) is 50.7 Å². The maximum Gasteiger partial charge on any atom is 0.119 e. The molecule has 1 N–H and O–H groups in total. The van der Waals surface area contributed by atoms with Crippen molar-refractivity contribution >= 4 is 0 Å². The number of methoxy groups -OCH3 is 1. The van der Waals surface area contributed by atoms with E-state index in [-0.39, 0.29) is 0 Å². The lowest BCUT2D eigenvalue weighted by Gasteiger charge is -2.48. The predicted octanol–water partition coefficient (Wildman–Crippen LogP) is 2.80. The van der Waals surface area contributed by atoms with Crippen LogP contribution < -0.4 is 10.1 Å². The van der Waals surface area contributed by atoms with Gasteiger partial charge >= 0.3 is 0 Å². The highest BCUT2D eigenvalue weighted by Gasteiger charge is 2.42. The maximum absolute atomic E-state index is 5.35. The Hall–Kier alpha value is -1.06. The van der Waals surface area contributed by atoms with Crippen LogP contribution in [0.3, 0.4) is 0 Å². The molecule has 1 saturated carbocycles. The van der Waals surface area contributed by atoms with E-state index in [9.17, 15) is 0 Å². The van der Waals surface area contributed by atoms with Crippen molar-refractivity contribution in [2.24, 2.45) is 0 Å². The van der Waals surface area contributed by atoms with Crippen LogP contribution in [0.4, 0.5) is 0 Å². The molecule has 1 aromatic carbocycles. The number of nitrogens with zero attached hydrogens (tertiary/aromatic N) is 1. The van der Waals surface area contributed by atoms with Gasteiger partial charge in [-0.1, -0.05) is 25.0 Å². The highest BCUT2D eigenvalue weighted by atomic mass is 16.5. The first-order chi connectivity index (χ1) is 9.72. The van der Waals surface area contributed by atoms with Crippen LogP contribution in [0.15, 0.2) is 24.3 Å². The smallest absolute Gasteiger partial charge is 0.119 e. The Kier molecular flexibility index (Phi) is 3.99. The van der Waals surface area contributed by atoms with Crippen LogP contribution in [0.2, 0.25) is 0 Å². The summed E-state index contributed by atoms with van der Waals surface area (Å²) >= 11 is 0. The zero-order valence-electron chi connectivity index (χ0n) is 12.7. The van der Waals surface area contributed by atoms with E-state index in [4.69, 9.17) is 4.74 Å². The zero-order chi connectivity index (χ0) is 14.0. The summed E-state index contributed by atoms with van der Waals surface area (Å²) in [6.07, 6.45) is 5.45. The molecule has 3 nitrogen and oxygen atoms in total. The molecule has 1 aromatic rings. The molecule has 20 heavy (non-hydrogen) atoms. The lowest BCUT2D eigenvalue weighted by atomic mass is 9.90. The number of nitrogens with one attached hydrogen (secondary N) is 1. The molecule has 1 atom stereocenters. The minimum absolute atomic E-state index is 0.398. The molecule has 2 aliphatic rings. The third-order valence-electron chi connectivity index (χ3n) is 4.99. The van der Waals surface area contributed by atoms with Crippen LogP contribution in [0.5, 0.6) is 5.75 Å². The second kappa shape index (κ2) is 5.74. The van der Waals surface area contributed by atoms with E-state index in [2.05, 4.69) is 35.3 Å². The van der Waals surface area contributed by atoms with Gasteiger partial charge in [-0.2, -0.15) is 0 Å². The lowest BCUT2D eigenvalue weighted by Crippen LogP contribution is -2.62. The Bertz CT molecular complexity index is 454. The predicted molar refractivity (Wildman–Crippen MR) is 82.1 cm³/mol. The number of ether oxygens (including phenoxy) is 1. The lowest BCUT2D eigenvalue weighted by molar-refractivity contribution is 0.0392. The van der Waals surface area contributed by atoms with Gasteiger partial charge in [0.05, 0.1) is 7.11 Å². The topological polar surface area (TPSA) is 24.5 Å². The number of piperazine rings is 1. The van der Waals surface area contributed by atoms with E-state index >= 15 is 0 Å². The minimum Gasteiger partial charge on any atom is -0.497 e. The molecule has 0 bridgehead atoms. The van der Waals surface area contributed by atoms with Crippen LogP contribution in [-0.4, -0.2) is 36.7 Å². The molecule has 3 heteroatoms. The number of benzene rings is 1. The zero-order valence-corrected chi connectivity index (χ0v) is 12.7. The van der Waals surface area contributed by atoms with Gasteiger partial charge in [-0.15, -0.1) is 0 Å². The second-order valence-electron chi connectivity index (χ2n) is 6.45. The van der Waals surface area contributed by atoms with Crippen molar-refractivity contribution in [3.8, 4) is 5.75 Å². The molecule has 2 fully saturated rings. The Morgan fingerprint density at radius 3 is 2.90 bits per heavy atom. The largest absolute Gasteiger partial charge is 0.497 e. The quantitative estimate of drug-likeness (QED) is 0.917. The fraction of sp³-hybridized carbons (Fsp3) is 0.647. The van der Waals surface area contributed by atoms with Gasteiger partial charge in [0.2, 0.25) is 0 Å². The molecule has 1 unspecified atom stereocenters. The third kappa shape index (κ3) is 2.70. The minimum atomic E-state index is 0.398. The molecule has 1 aliphatic heterocycles. The van der Waals surface area contributed by atoms with Crippen molar-refractivity contribution < 1.29 is 4.74 Å². The van der Waals surface area contributed by atoms with Gasteiger partial charge in [0.15, 0.2) is 0 Å². The number of rotatable bonds is 3. The highest BCUT2D eigenvalue weighted by molar-refractivity contribution is 5.28. The van der Waals surface area contributed by atoms with E-state index in [0.29, 0.717) is 11.6 Å². The van der Waals surface area contributed by atoms with E-state index in [1.165, 1.54) is 31.2 Å². The normalized spacial score (nSPS) is 26.0. The Balaban J connectivity index is 1.78. The average molecular weight is 274 g/mol. The first-order valence-electron chi connectivity index (χ1n) is 7.83. The monoisotopic (exact) mass is 274 g/mol. The van der Waals surface area contributed by atoms with Crippen molar-refractivity contribution in [2.75, 3.05) is 20.2 Å². The first kappa shape index (κ1) is 13.9. The molecule has 3 rings (SSSR count). The van der Waals surface area contributed by atoms with Crippen molar-refractivity contribution in [3.63, 3.8) is 0 Å². The van der Waals surface area contributed by atoms with Gasteiger partial charge in [-0.3, -0.25) is 4.90 Å². The molecule has 1 aliphatic carbocycles. The van der Waals surface area contributed by atoms with E-state index < -0.39 is 0 Å². The van der Waals surface area contributed by atoms with Gasteiger partial charge in [0.1, 0.15) is 5.75 Å². The molecule has 1 spiro atoms. The SMILES string of the molecule is COc1cccc(CN2CC(C)NCC23CCCC3)c1. The van der Waals surface area contributed by atoms with Crippen molar-refractivity contribution in [1.29, 1.82) is 0 Å². The van der Waals surface area contributed by atoms with Gasteiger partial charge < -0.3 is 10.1 Å². The fourth-order valence-corrected chi connectivity index (χ4v) is 3.81. The molecule has 110 valence electrons. The molecule has 1 saturated heterocycles. The van der Waals surface area contributed by atoms with Crippen molar-refractivity contribution in [3.05, 3.63) is 29.8 Å². The summed E-state index contributed by atoms with van der Waals surface area (Å²) in [5.41, 5.74) is 1.76. The number of hydrogen-bond donors (Lipinski definition) is 1. The molecule has 0 amide bonds. The summed E-state index contributed by atoms with van der Waals surface area (Å²) in [5.74, 6) is 0.964. The van der Waals surface area contributed by atoms with E-state index in [1.54, 1.807) is 7.11 Å². The first-order valence-corrected chi connectivity index (χ1v) is 7.83. The Morgan fingerprint density at radius 2 is 2.15 bits per heavy atom. The van der Waals surface area contributed by atoms with Gasteiger partial charge in [-0.25, -0.2) is 0 Å². The van der Waals surface area contributed by atoms with Gasteiger partial charge in [0, 0.05) is 31.2 Å². The molecule has 0 aromatic heterocycles. The van der Waals surface area contributed by atoms with Crippen molar-refractivity contribution in [1.82, 2.24) is 10.2 Å². The summed E-state index contributed by atoms with van der Waals surface area (Å²) in [7, 11) is 1.74. The summed E-state index contributed by atoms with van der Waals surface area (Å²) in [6, 6.07) is 9.11. The highest BCUT2D eigenvalue weighted by Crippen LogP contribution is 2.37. The molecule has 1 heterocycles. The maximum atomic E-state index is 5.35. The Labute approximate surface area is 122 Å². The van der Waals surface area contributed by atoms with E-state index in [0.717, 1.165) is 25.4 Å². The van der Waals surface area contributed by atoms with Crippen LogP contribution in [-0.2, 0) is 6.54 Å². The van der Waals surface area contributed by atoms with Crippen LogP contribution in [0.1, 0.15) is 38.2 Å². The number of hydrogen-bond acceptors (Lipinski definition) is 3. The average Bonchev–Trinajstić information content (AvgIpc) is 2.93. The Morgan fingerprint density at radius 1 is 1.35 bits per heavy atom. The summed E-state index contributed by atoms with van der Waals surface area (Å²) in [4.78, 5) is 2.72. The summed E-state index contributed by atoms with van der Waals surface area (Å²) in [5, 5.41) is 3.69. The second-order valence-corrected chi connectivity index (χ2v) is 6.45. The standard InChI is InChI=1S/C17H26N2O/c1-14-11-19(17(13-18-14)8-3-4-9-17)12-15-6-5-7-16(10-15)20-2/h5-7,10,14,18H,3-4,8-9,11-13H2,1-2H3. The van der Waals surface area contributed by atoms with Crippen LogP contribution >= 0.6 is 0 Å². The molecular formula is C17H26N2O. The van der Waals surface area contributed by atoms with Crippen LogP contribution in [0, 0.1) is 0 Å². The fourth-order valence-electron chi connectivity index (χ4n) is 3.81. The van der Waals surface area contributed by atoms with Gasteiger partial charge in [0.25, 0.3) is 0 Å². The van der Waals surface area contributed by atoms with Crippen LogP contribution in [0.25, 0.3) is 0 Å². The molecule has 0 radical (unpaired) electrons. The summed E-state index contributed by atoms with van der Waals surface area (Å²) in [6.45, 7) is 5.64. The molecular weight excluding hydrogens is 248 g/mol. The third-order valence-corrected chi connectivity index (χ3v) is 4.99. The summed E-state index contributed by atoms with van der Waals surface area (Å²) < 4.78 is 5.35. The van der Waals surface area contributed by atoms with Gasteiger partial charge in [-0.05, 0) is 37.5 Å². The van der Waals surface area contributed by atoms with E-state index in [1.807, 2.05) is 6.07 Å².